The predicted molar refractivity (Wildman–Crippen MR) is 36.9 cm³/mol. The fourth-order valence-corrected chi connectivity index (χ4v) is 0. The number of hydrogen-bond acceptors (Lipinski definition) is 1. The van der Waals surface area contributed by atoms with E-state index in [0.29, 0.717) is 0 Å². The Bertz CT molecular complexity index is 45.0. The summed E-state index contributed by atoms with van der Waals surface area (Å²) in [5.41, 5.74) is 0. The van der Waals surface area contributed by atoms with Gasteiger partial charge in [0.15, 0.2) is 0 Å². The summed E-state index contributed by atoms with van der Waals surface area (Å²) in [5.74, 6) is -0.833. The van der Waals surface area contributed by atoms with Crippen molar-refractivity contribution in [3.63, 3.8) is 0 Å². The smallest absolute Gasteiger partial charge is 0.481 e. The van der Waals surface area contributed by atoms with Crippen molar-refractivity contribution in [2.24, 2.45) is 0 Å². The van der Waals surface area contributed by atoms with Crippen LogP contribution in [0, 0.1) is 0 Å². The van der Waals surface area contributed by atoms with Gasteiger partial charge in [-0.1, -0.05) is 0 Å². The zero-order chi connectivity index (χ0) is 6.28. The lowest BCUT2D eigenvalue weighted by molar-refractivity contribution is -0.134. The molecular weight excluding hydrogens is 240 g/mol. The van der Waals surface area contributed by atoms with Crippen LogP contribution < -0.4 is 0 Å². The Balaban J connectivity index is 0. The van der Waals surface area contributed by atoms with Gasteiger partial charge in [0.2, 0.25) is 0 Å². The molecule has 0 aliphatic carbocycles. The van der Waals surface area contributed by atoms with Crippen molar-refractivity contribution >= 4 is 47.8 Å². The summed E-state index contributed by atoms with van der Waals surface area (Å²) in [5, 5.41) is 7.42. The van der Waals surface area contributed by atoms with Crippen LogP contribution in [0.2, 0.25) is 0 Å². The first-order valence-electron chi connectivity index (χ1n) is 1.46. The molecule has 0 aliphatic rings. The van der Waals surface area contributed by atoms with Crippen LogP contribution in [0.5, 0.6) is 0 Å². The predicted octanol–water partition coefficient (Wildman–Crippen LogP) is 1.40. The van der Waals surface area contributed by atoms with Gasteiger partial charge in [-0.15, -0.1) is 0 Å². The summed E-state index contributed by atoms with van der Waals surface area (Å²) in [6.45, 7) is 1.08. The second-order valence-corrected chi connectivity index (χ2v) is 8.70. The first-order chi connectivity index (χ1) is 3.15. The number of hydrogen-bond donors (Lipinski definition) is 1. The standard InChI is InChI=1S/C2H4O2.2BrH.Mg/c1-2(3)4;;;/h1H3,(H,3,4);2*1H;/q;;;+2/p-2. The van der Waals surface area contributed by atoms with Crippen LogP contribution >= 0.6 is 25.8 Å². The van der Waals surface area contributed by atoms with Crippen LogP contribution in [0.25, 0.3) is 0 Å². The van der Waals surface area contributed by atoms with Crippen molar-refractivity contribution in [3.8, 4) is 0 Å². The highest BCUT2D eigenvalue weighted by Gasteiger charge is 1.65. The monoisotopic (exact) mass is 242 g/mol. The fraction of sp³-hybridized carbons (Fsp3) is 0.500. The van der Waals surface area contributed by atoms with E-state index in [4.69, 9.17) is 9.90 Å². The zero-order valence-corrected chi connectivity index (χ0v) is 8.40. The molecular formula is C2H4Br2MgO2. The van der Waals surface area contributed by atoms with E-state index in [0.717, 1.165) is 6.92 Å². The van der Waals surface area contributed by atoms with E-state index in [-0.39, 0.29) is 16.0 Å². The molecule has 0 saturated carbocycles. The third kappa shape index (κ3) is 136. The average Bonchev–Trinajstić information content (AvgIpc) is 1.33. The summed E-state index contributed by atoms with van der Waals surface area (Å²) in [7, 11) is 0. The molecule has 5 heteroatoms. The Hall–Kier alpha value is 1.20. The topological polar surface area (TPSA) is 37.3 Å². The van der Waals surface area contributed by atoms with Gasteiger partial charge in [0.1, 0.15) is 0 Å². The summed E-state index contributed by atoms with van der Waals surface area (Å²) in [4.78, 5) is 9.00. The Morgan fingerprint density at radius 3 is 1.71 bits per heavy atom. The summed E-state index contributed by atoms with van der Waals surface area (Å²) >= 11 is 6.44. The Morgan fingerprint density at radius 2 is 1.71 bits per heavy atom. The van der Waals surface area contributed by atoms with Gasteiger partial charge >= 0.3 is 16.0 Å². The van der Waals surface area contributed by atoms with E-state index in [2.05, 4.69) is 25.8 Å². The third-order valence-corrected chi connectivity index (χ3v) is 0. The van der Waals surface area contributed by atoms with Crippen molar-refractivity contribution in [1.29, 1.82) is 0 Å². The fourth-order valence-electron chi connectivity index (χ4n) is 0. The number of halogens is 2. The van der Waals surface area contributed by atoms with Crippen molar-refractivity contribution in [1.82, 2.24) is 0 Å². The highest BCUT2D eigenvalue weighted by molar-refractivity contribution is 9.47. The Labute approximate surface area is 64.1 Å². The van der Waals surface area contributed by atoms with E-state index >= 15 is 0 Å². The molecule has 0 amide bonds. The molecule has 0 spiro atoms. The molecule has 0 fully saturated rings. The Kier molecular flexibility index (Phi) is 16.2. The van der Waals surface area contributed by atoms with Gasteiger partial charge in [-0.3, -0.25) is 30.6 Å². The largest absolute Gasteiger partial charge is 0.560 e. The van der Waals surface area contributed by atoms with Gasteiger partial charge in [0.25, 0.3) is 5.97 Å². The molecule has 0 aromatic heterocycles. The number of carbonyl (C=O) groups is 1. The molecule has 0 aromatic rings. The molecule has 0 radical (unpaired) electrons. The van der Waals surface area contributed by atoms with Gasteiger partial charge in [0.05, 0.1) is 0 Å². The molecule has 40 valence electrons. The minimum atomic E-state index is -0.833. The van der Waals surface area contributed by atoms with Gasteiger partial charge in [0, 0.05) is 6.92 Å². The second-order valence-electron chi connectivity index (χ2n) is 0.620. The number of aliphatic carboxylic acids is 1. The normalized spacial score (nSPS) is 5.00. The van der Waals surface area contributed by atoms with Crippen LogP contribution in [-0.4, -0.2) is 27.1 Å². The molecule has 0 unspecified atom stereocenters. The van der Waals surface area contributed by atoms with Crippen LogP contribution in [-0.2, 0) is 4.79 Å². The SMILES string of the molecule is CC(=O)O.[Br][Mg][Br]. The van der Waals surface area contributed by atoms with Crippen molar-refractivity contribution < 1.29 is 9.90 Å². The molecule has 0 heterocycles. The van der Waals surface area contributed by atoms with Crippen LogP contribution in [0.3, 0.4) is 0 Å². The average molecular weight is 244 g/mol. The summed E-state index contributed by atoms with van der Waals surface area (Å²) in [6, 6.07) is 0. The Morgan fingerprint density at radius 1 is 1.71 bits per heavy atom. The van der Waals surface area contributed by atoms with Gasteiger partial charge in [-0.05, 0) is 0 Å². The minimum absolute atomic E-state index is 0.0417. The molecule has 0 aliphatic heterocycles. The molecule has 0 atom stereocenters. The third-order valence-electron chi connectivity index (χ3n) is 0. The zero-order valence-electron chi connectivity index (χ0n) is 3.82. The van der Waals surface area contributed by atoms with Gasteiger partial charge < -0.3 is 5.11 Å². The van der Waals surface area contributed by atoms with E-state index < -0.39 is 5.97 Å². The number of carboxylic acids is 1. The molecule has 0 bridgehead atoms. The maximum absolute atomic E-state index is 9.00. The lowest BCUT2D eigenvalue weighted by Gasteiger charge is -1.59. The lowest BCUT2D eigenvalue weighted by Crippen LogP contribution is -1.78. The van der Waals surface area contributed by atoms with Crippen molar-refractivity contribution in [2.45, 2.75) is 6.92 Å². The molecule has 0 aromatic carbocycles. The molecule has 0 saturated heterocycles. The highest BCUT2D eigenvalue weighted by atomic mass is 79.9. The van der Waals surface area contributed by atoms with E-state index in [9.17, 15) is 0 Å². The molecule has 1 N–H and O–H groups in total. The van der Waals surface area contributed by atoms with Gasteiger partial charge in [-0.25, -0.2) is 0 Å². The molecule has 7 heavy (non-hydrogen) atoms. The van der Waals surface area contributed by atoms with E-state index in [1.807, 2.05) is 0 Å². The van der Waals surface area contributed by atoms with Crippen LogP contribution in [0.1, 0.15) is 6.92 Å². The van der Waals surface area contributed by atoms with Crippen molar-refractivity contribution in [2.75, 3.05) is 0 Å². The van der Waals surface area contributed by atoms with Crippen LogP contribution in [0.4, 0.5) is 0 Å². The highest BCUT2D eigenvalue weighted by Crippen LogP contribution is 1.77. The maximum atomic E-state index is 9.00. The first-order valence-corrected chi connectivity index (χ1v) is 9.26. The summed E-state index contributed by atoms with van der Waals surface area (Å²) < 4.78 is 0. The minimum Gasteiger partial charge on any atom is -0.481 e. The number of carboxylic acid groups (broad SMARTS) is 1. The van der Waals surface area contributed by atoms with E-state index in [1.165, 1.54) is 0 Å². The summed E-state index contributed by atoms with van der Waals surface area (Å²) in [6.07, 6.45) is 0. The maximum Gasteiger partial charge on any atom is 0.560 e. The van der Waals surface area contributed by atoms with Crippen molar-refractivity contribution in [3.05, 3.63) is 0 Å². The quantitative estimate of drug-likeness (QED) is 0.654. The van der Waals surface area contributed by atoms with Crippen LogP contribution in [0.15, 0.2) is 0 Å². The first kappa shape index (κ1) is 11.1. The lowest BCUT2D eigenvalue weighted by atomic mass is 10.9. The second kappa shape index (κ2) is 10.2. The van der Waals surface area contributed by atoms with Gasteiger partial charge in [-0.2, -0.15) is 0 Å². The molecule has 0 rings (SSSR count). The molecule has 2 nitrogen and oxygen atoms in total. The number of rotatable bonds is 0. The van der Waals surface area contributed by atoms with E-state index in [1.54, 1.807) is 0 Å².